The minimum Gasteiger partial charge on any atom is -0.462 e. The molecule has 0 bridgehead atoms. The first-order valence-electron chi connectivity index (χ1n) is 18.6. The van der Waals surface area contributed by atoms with E-state index in [0.717, 1.165) is 128 Å². The Balaban J connectivity index is 3.98. The third-order valence-electron chi connectivity index (χ3n) is 8.65. The maximum atomic E-state index is 12.6. The Labute approximate surface area is 266 Å². The predicted octanol–water partition coefficient (Wildman–Crippen LogP) is 9.54. The number of ketones is 1. The number of ether oxygens (including phenoxy) is 1. The fourth-order valence-electron chi connectivity index (χ4n) is 5.85. The van der Waals surface area contributed by atoms with Crippen LogP contribution in [0.1, 0.15) is 200 Å². The van der Waals surface area contributed by atoms with Crippen LogP contribution in [0, 0.1) is 0 Å². The molecular weight excluding hydrogens is 540 g/mol. The number of rotatable bonds is 35. The number of esters is 1. The first kappa shape index (κ1) is 42.0. The zero-order valence-electron chi connectivity index (χ0n) is 28.3. The van der Waals surface area contributed by atoms with Crippen LogP contribution >= 0.6 is 0 Å². The van der Waals surface area contributed by atoms with E-state index in [1.807, 2.05) is 0 Å². The van der Waals surface area contributed by atoms with Gasteiger partial charge >= 0.3 is 5.97 Å². The van der Waals surface area contributed by atoms with Crippen LogP contribution in [-0.4, -0.2) is 52.5 Å². The maximum Gasteiger partial charge on any atom is 0.306 e. The van der Waals surface area contributed by atoms with Crippen molar-refractivity contribution in [2.45, 2.75) is 212 Å². The van der Waals surface area contributed by atoms with Crippen molar-refractivity contribution in [1.29, 1.82) is 0 Å². The Kier molecular flexibility index (Phi) is 33.1. The molecule has 256 valence electrons. The number of aliphatic hydroxyl groups excluding tert-OH is 3. The predicted molar refractivity (Wildman–Crippen MR) is 179 cm³/mol. The number of hydrogen-bond donors (Lipinski definition) is 3. The highest BCUT2D eigenvalue weighted by molar-refractivity contribution is 5.75. The molecule has 0 fully saturated rings. The molecule has 2 atom stereocenters. The van der Waals surface area contributed by atoms with Gasteiger partial charge in [-0.15, -0.1) is 0 Å². The Hall–Kier alpha value is -0.980. The number of carbonyl (C=O) groups is 2. The molecule has 43 heavy (non-hydrogen) atoms. The van der Waals surface area contributed by atoms with Gasteiger partial charge in [-0.2, -0.15) is 0 Å². The summed E-state index contributed by atoms with van der Waals surface area (Å²) in [5.41, 5.74) is 0. The molecule has 0 radical (unpaired) electrons. The van der Waals surface area contributed by atoms with E-state index in [0.29, 0.717) is 26.1 Å². The molecule has 0 rings (SSSR count). The van der Waals surface area contributed by atoms with Crippen molar-refractivity contribution in [3.63, 3.8) is 0 Å². The van der Waals surface area contributed by atoms with E-state index in [1.54, 1.807) is 6.92 Å². The highest BCUT2D eigenvalue weighted by Crippen LogP contribution is 2.19. The van der Waals surface area contributed by atoms with E-state index < -0.39 is 0 Å². The smallest absolute Gasteiger partial charge is 0.306 e. The van der Waals surface area contributed by atoms with Crippen molar-refractivity contribution in [2.75, 3.05) is 13.2 Å². The van der Waals surface area contributed by atoms with Gasteiger partial charge in [-0.25, -0.2) is 0 Å². The second-order valence-corrected chi connectivity index (χ2v) is 13.1. The normalized spacial score (nSPS) is 12.8. The number of aliphatic hydroxyl groups is 3. The topological polar surface area (TPSA) is 104 Å². The lowest BCUT2D eigenvalue weighted by atomic mass is 10.0. The molecular formula is C37H72O6. The van der Waals surface area contributed by atoms with Gasteiger partial charge in [0, 0.05) is 26.1 Å². The molecule has 3 N–H and O–H groups in total. The maximum absolute atomic E-state index is 12.6. The van der Waals surface area contributed by atoms with Crippen molar-refractivity contribution < 1.29 is 29.6 Å². The fraction of sp³-hybridized carbons (Fsp3) is 0.946. The molecule has 0 spiro atoms. The molecule has 6 heteroatoms. The number of carbonyl (C=O) groups excluding carboxylic acids is 2. The van der Waals surface area contributed by atoms with Gasteiger partial charge in [0.1, 0.15) is 11.9 Å². The zero-order valence-corrected chi connectivity index (χ0v) is 28.3. The lowest BCUT2D eigenvalue weighted by Crippen LogP contribution is -2.18. The van der Waals surface area contributed by atoms with E-state index in [4.69, 9.17) is 14.9 Å². The summed E-state index contributed by atoms with van der Waals surface area (Å²) >= 11 is 0. The zero-order chi connectivity index (χ0) is 31.6. The van der Waals surface area contributed by atoms with E-state index in [2.05, 4.69) is 0 Å². The number of hydrogen-bond acceptors (Lipinski definition) is 6. The lowest BCUT2D eigenvalue weighted by molar-refractivity contribution is -0.150. The molecule has 0 aliphatic rings. The van der Waals surface area contributed by atoms with Gasteiger partial charge in [-0.3, -0.25) is 4.79 Å². The van der Waals surface area contributed by atoms with Crippen LogP contribution in [0.15, 0.2) is 0 Å². The SMILES string of the molecule is CC(=O)CCCCCCCC(CCCCCCCCCO)OC(=O)CCCCCCCC(O)CCCCCCCCCO. The van der Waals surface area contributed by atoms with Gasteiger partial charge in [-0.05, 0) is 71.1 Å². The summed E-state index contributed by atoms with van der Waals surface area (Å²) in [5, 5.41) is 28.0. The second kappa shape index (κ2) is 33.9. The van der Waals surface area contributed by atoms with Gasteiger partial charge in [0.15, 0.2) is 0 Å². The molecule has 2 unspecified atom stereocenters. The first-order valence-corrected chi connectivity index (χ1v) is 18.6. The van der Waals surface area contributed by atoms with Crippen LogP contribution in [0.3, 0.4) is 0 Å². The van der Waals surface area contributed by atoms with Gasteiger partial charge in [0.2, 0.25) is 0 Å². The lowest BCUT2D eigenvalue weighted by Gasteiger charge is -2.18. The van der Waals surface area contributed by atoms with Gasteiger partial charge < -0.3 is 24.9 Å². The second-order valence-electron chi connectivity index (χ2n) is 13.1. The first-order chi connectivity index (χ1) is 21.0. The summed E-state index contributed by atoms with van der Waals surface area (Å²) in [6, 6.07) is 0. The molecule has 6 nitrogen and oxygen atoms in total. The highest BCUT2D eigenvalue weighted by Gasteiger charge is 2.14. The van der Waals surface area contributed by atoms with Crippen LogP contribution < -0.4 is 0 Å². The molecule has 0 saturated carbocycles. The van der Waals surface area contributed by atoms with Crippen molar-refractivity contribution in [3.05, 3.63) is 0 Å². The van der Waals surface area contributed by atoms with Crippen molar-refractivity contribution >= 4 is 11.8 Å². The Morgan fingerprint density at radius 3 is 1.19 bits per heavy atom. The monoisotopic (exact) mass is 613 g/mol. The summed E-state index contributed by atoms with van der Waals surface area (Å²) < 4.78 is 5.95. The van der Waals surface area contributed by atoms with Crippen molar-refractivity contribution in [3.8, 4) is 0 Å². The summed E-state index contributed by atoms with van der Waals surface area (Å²) in [6.07, 6.45) is 31.4. The van der Waals surface area contributed by atoms with E-state index in [-0.39, 0.29) is 24.0 Å². The minimum atomic E-state index is -0.173. The van der Waals surface area contributed by atoms with Crippen LogP contribution in [0.5, 0.6) is 0 Å². The van der Waals surface area contributed by atoms with Crippen LogP contribution in [0.4, 0.5) is 0 Å². The Morgan fingerprint density at radius 1 is 0.465 bits per heavy atom. The average Bonchev–Trinajstić information content (AvgIpc) is 2.98. The molecule has 0 amide bonds. The summed E-state index contributed by atoms with van der Waals surface area (Å²) in [6.45, 7) is 2.26. The average molecular weight is 613 g/mol. The van der Waals surface area contributed by atoms with Gasteiger partial charge in [-0.1, -0.05) is 116 Å². The molecule has 0 aliphatic carbocycles. The van der Waals surface area contributed by atoms with Gasteiger partial charge in [0.05, 0.1) is 6.10 Å². The van der Waals surface area contributed by atoms with E-state index in [1.165, 1.54) is 51.4 Å². The largest absolute Gasteiger partial charge is 0.462 e. The third kappa shape index (κ3) is 33.7. The highest BCUT2D eigenvalue weighted by atomic mass is 16.5. The molecule has 0 aromatic carbocycles. The molecule has 0 saturated heterocycles. The molecule has 0 heterocycles. The Morgan fingerprint density at radius 2 is 0.791 bits per heavy atom. The quantitative estimate of drug-likeness (QED) is 0.0486. The molecule has 0 aromatic heterocycles. The van der Waals surface area contributed by atoms with E-state index in [9.17, 15) is 14.7 Å². The third-order valence-corrected chi connectivity index (χ3v) is 8.65. The standard InChI is InChI=1S/C37H72O6/c1-34(40)26-18-10-8-14-22-30-36(29-21-13-5-3-7-17-25-33-39)43-37(42)31-23-15-9-12-20-28-35(41)27-19-11-4-2-6-16-24-32-38/h35-36,38-39,41H,2-33H2,1H3. The van der Waals surface area contributed by atoms with Gasteiger partial charge in [0.25, 0.3) is 0 Å². The van der Waals surface area contributed by atoms with Crippen molar-refractivity contribution in [1.82, 2.24) is 0 Å². The summed E-state index contributed by atoms with van der Waals surface area (Å²) in [7, 11) is 0. The minimum absolute atomic E-state index is 0.0341. The van der Waals surface area contributed by atoms with Crippen LogP contribution in [0.2, 0.25) is 0 Å². The van der Waals surface area contributed by atoms with Crippen LogP contribution in [0.25, 0.3) is 0 Å². The number of unbranched alkanes of at least 4 members (excludes halogenated alkanes) is 20. The van der Waals surface area contributed by atoms with Crippen molar-refractivity contribution in [2.24, 2.45) is 0 Å². The summed E-state index contributed by atoms with van der Waals surface area (Å²) in [5.74, 6) is 0.234. The molecule has 0 aliphatic heterocycles. The molecule has 0 aromatic rings. The number of Topliss-reactive ketones (excluding diaryl/α,β-unsaturated/α-hetero) is 1. The van der Waals surface area contributed by atoms with E-state index >= 15 is 0 Å². The van der Waals surface area contributed by atoms with Crippen LogP contribution in [-0.2, 0) is 14.3 Å². The fourth-order valence-corrected chi connectivity index (χ4v) is 5.85. The Bertz CT molecular complexity index is 596. The summed E-state index contributed by atoms with van der Waals surface area (Å²) in [4.78, 5) is 23.7.